The Balaban J connectivity index is 2.69. The van der Waals surface area contributed by atoms with Crippen LogP contribution in [0.1, 0.15) is 10.6 Å². The second-order valence-electron chi connectivity index (χ2n) is 2.26. The van der Waals surface area contributed by atoms with Crippen molar-refractivity contribution in [1.82, 2.24) is 4.98 Å². The zero-order valence-corrected chi connectivity index (χ0v) is 7.72. The van der Waals surface area contributed by atoms with E-state index < -0.39 is 5.91 Å². The van der Waals surface area contributed by atoms with Crippen molar-refractivity contribution in [2.24, 2.45) is 5.73 Å². The molecule has 13 heavy (non-hydrogen) atoms. The zero-order valence-electron chi connectivity index (χ0n) is 6.90. The lowest BCUT2D eigenvalue weighted by atomic mass is 10.4. The van der Waals surface area contributed by atoms with Gasteiger partial charge in [-0.25, -0.2) is 4.98 Å². The zero-order chi connectivity index (χ0) is 9.84. The molecule has 0 radical (unpaired) electrons. The van der Waals surface area contributed by atoms with E-state index in [0.29, 0.717) is 15.8 Å². The van der Waals surface area contributed by atoms with Gasteiger partial charge >= 0.3 is 0 Å². The molecule has 1 heterocycles. The van der Waals surface area contributed by atoms with Crippen molar-refractivity contribution in [2.75, 3.05) is 6.61 Å². The van der Waals surface area contributed by atoms with Crippen molar-refractivity contribution in [3.05, 3.63) is 10.6 Å². The molecule has 0 fully saturated rings. The summed E-state index contributed by atoms with van der Waals surface area (Å²) in [7, 11) is 0. The van der Waals surface area contributed by atoms with E-state index in [0.717, 1.165) is 11.3 Å². The SMILES string of the molecule is Cc1nc(OCC(N)=O)sc1C#N. The van der Waals surface area contributed by atoms with Crippen molar-refractivity contribution in [2.45, 2.75) is 6.92 Å². The number of thiazole rings is 1. The Morgan fingerprint density at radius 3 is 3.00 bits per heavy atom. The van der Waals surface area contributed by atoms with Gasteiger partial charge in [0.05, 0.1) is 5.69 Å². The number of primary amides is 1. The number of amides is 1. The van der Waals surface area contributed by atoms with Gasteiger partial charge in [-0.05, 0) is 6.92 Å². The maximum atomic E-state index is 10.3. The van der Waals surface area contributed by atoms with Gasteiger partial charge in [0.25, 0.3) is 11.1 Å². The number of nitriles is 1. The van der Waals surface area contributed by atoms with Crippen LogP contribution in [0.5, 0.6) is 5.19 Å². The number of nitrogens with two attached hydrogens (primary N) is 1. The first kappa shape index (κ1) is 9.48. The van der Waals surface area contributed by atoms with Crippen LogP contribution in [0.15, 0.2) is 0 Å². The van der Waals surface area contributed by atoms with Gasteiger partial charge in [0.2, 0.25) is 0 Å². The van der Waals surface area contributed by atoms with E-state index in [1.807, 2.05) is 6.07 Å². The predicted molar refractivity (Wildman–Crippen MR) is 46.3 cm³/mol. The lowest BCUT2D eigenvalue weighted by Gasteiger charge is -1.95. The molecule has 1 amide bonds. The van der Waals surface area contributed by atoms with Crippen molar-refractivity contribution < 1.29 is 9.53 Å². The van der Waals surface area contributed by atoms with E-state index in [2.05, 4.69) is 4.98 Å². The van der Waals surface area contributed by atoms with Gasteiger partial charge in [0.1, 0.15) is 10.9 Å². The molecule has 0 atom stereocenters. The third-order valence-electron chi connectivity index (χ3n) is 1.22. The first-order valence-corrected chi connectivity index (χ1v) is 4.23. The maximum Gasteiger partial charge on any atom is 0.275 e. The maximum absolute atomic E-state index is 10.3. The highest BCUT2D eigenvalue weighted by molar-refractivity contribution is 7.14. The summed E-state index contributed by atoms with van der Waals surface area (Å²) in [6.45, 7) is 1.49. The Hall–Kier alpha value is -1.61. The highest BCUT2D eigenvalue weighted by Crippen LogP contribution is 2.23. The van der Waals surface area contributed by atoms with Crippen molar-refractivity contribution in [3.63, 3.8) is 0 Å². The fourth-order valence-electron chi connectivity index (χ4n) is 0.670. The highest BCUT2D eigenvalue weighted by atomic mass is 32.1. The monoisotopic (exact) mass is 197 g/mol. The highest BCUT2D eigenvalue weighted by Gasteiger charge is 2.08. The van der Waals surface area contributed by atoms with Crippen LogP contribution in [0, 0.1) is 18.3 Å². The lowest BCUT2D eigenvalue weighted by molar-refractivity contribution is -0.119. The number of aryl methyl sites for hydroxylation is 1. The van der Waals surface area contributed by atoms with E-state index in [4.69, 9.17) is 15.7 Å². The van der Waals surface area contributed by atoms with Crippen LogP contribution in [0.3, 0.4) is 0 Å². The van der Waals surface area contributed by atoms with E-state index in [-0.39, 0.29) is 6.61 Å². The van der Waals surface area contributed by atoms with Crippen LogP contribution in [-0.2, 0) is 4.79 Å². The molecule has 0 bridgehead atoms. The number of carbonyl (C=O) groups is 1. The van der Waals surface area contributed by atoms with Gasteiger partial charge in [-0.3, -0.25) is 4.79 Å². The van der Waals surface area contributed by atoms with Gasteiger partial charge in [-0.1, -0.05) is 11.3 Å². The number of ether oxygens (including phenoxy) is 1. The average molecular weight is 197 g/mol. The molecular formula is C7H7N3O2S. The van der Waals surface area contributed by atoms with Crippen molar-refractivity contribution >= 4 is 17.2 Å². The Kier molecular flexibility index (Phi) is 2.82. The van der Waals surface area contributed by atoms with Crippen LogP contribution in [-0.4, -0.2) is 17.5 Å². The van der Waals surface area contributed by atoms with Crippen LogP contribution in [0.2, 0.25) is 0 Å². The minimum atomic E-state index is -0.564. The standard InChI is InChI=1S/C7H7N3O2S/c1-4-5(2-8)13-7(10-4)12-3-6(9)11/h3H2,1H3,(H2,9,11). The van der Waals surface area contributed by atoms with Crippen molar-refractivity contribution in [3.8, 4) is 11.3 Å². The second-order valence-corrected chi connectivity index (χ2v) is 3.22. The predicted octanol–water partition coefficient (Wildman–Crippen LogP) is 0.187. The van der Waals surface area contributed by atoms with Gasteiger partial charge in [0, 0.05) is 0 Å². The molecule has 0 aliphatic carbocycles. The molecule has 0 aromatic carbocycles. The van der Waals surface area contributed by atoms with E-state index in [9.17, 15) is 4.79 Å². The third kappa shape index (κ3) is 2.42. The molecule has 0 unspecified atom stereocenters. The number of nitrogens with zero attached hydrogens (tertiary/aromatic N) is 2. The Morgan fingerprint density at radius 2 is 2.54 bits per heavy atom. The normalized spacial score (nSPS) is 9.23. The minimum Gasteiger partial charge on any atom is -0.460 e. The molecule has 0 saturated heterocycles. The quantitative estimate of drug-likeness (QED) is 0.748. The first-order chi connectivity index (χ1) is 6.13. The van der Waals surface area contributed by atoms with Crippen LogP contribution < -0.4 is 10.5 Å². The molecule has 1 aromatic rings. The molecule has 68 valence electrons. The number of hydrogen-bond acceptors (Lipinski definition) is 5. The number of aromatic nitrogens is 1. The number of carbonyl (C=O) groups excluding carboxylic acids is 1. The molecule has 5 nitrogen and oxygen atoms in total. The molecule has 2 N–H and O–H groups in total. The Morgan fingerprint density at radius 1 is 1.85 bits per heavy atom. The molecule has 1 aromatic heterocycles. The third-order valence-corrected chi connectivity index (χ3v) is 2.19. The van der Waals surface area contributed by atoms with E-state index >= 15 is 0 Å². The summed E-state index contributed by atoms with van der Waals surface area (Å²) >= 11 is 1.10. The van der Waals surface area contributed by atoms with Crippen LogP contribution in [0.4, 0.5) is 0 Å². The summed E-state index contributed by atoms with van der Waals surface area (Å²) in [5, 5.41) is 8.88. The molecule has 0 aliphatic heterocycles. The summed E-state index contributed by atoms with van der Waals surface area (Å²) in [4.78, 5) is 14.7. The average Bonchev–Trinajstić information content (AvgIpc) is 2.43. The summed E-state index contributed by atoms with van der Waals surface area (Å²) in [5.74, 6) is -0.564. The van der Waals surface area contributed by atoms with Crippen molar-refractivity contribution in [1.29, 1.82) is 5.26 Å². The van der Waals surface area contributed by atoms with E-state index in [1.54, 1.807) is 6.92 Å². The molecule has 1 rings (SSSR count). The topological polar surface area (TPSA) is 89.0 Å². The van der Waals surface area contributed by atoms with Crippen LogP contribution in [0.25, 0.3) is 0 Å². The van der Waals surface area contributed by atoms with Gasteiger partial charge in [0.15, 0.2) is 6.61 Å². The van der Waals surface area contributed by atoms with Gasteiger partial charge < -0.3 is 10.5 Å². The van der Waals surface area contributed by atoms with E-state index in [1.165, 1.54) is 0 Å². The fraction of sp³-hybridized carbons (Fsp3) is 0.286. The minimum absolute atomic E-state index is 0.210. The van der Waals surface area contributed by atoms with Crippen LogP contribution >= 0.6 is 11.3 Å². The summed E-state index contributed by atoms with van der Waals surface area (Å²) in [5.41, 5.74) is 5.47. The van der Waals surface area contributed by atoms with Gasteiger partial charge in [-0.2, -0.15) is 5.26 Å². The summed E-state index contributed by atoms with van der Waals surface area (Å²) in [6.07, 6.45) is 0. The molecule has 0 saturated carbocycles. The molecule has 0 spiro atoms. The smallest absolute Gasteiger partial charge is 0.275 e. The summed E-state index contributed by atoms with van der Waals surface area (Å²) in [6, 6.07) is 1.96. The fourth-order valence-corrected chi connectivity index (χ4v) is 1.38. The Bertz CT molecular complexity index is 366. The largest absolute Gasteiger partial charge is 0.460 e. The molecular weight excluding hydrogens is 190 g/mol. The molecule has 0 aliphatic rings. The first-order valence-electron chi connectivity index (χ1n) is 3.42. The van der Waals surface area contributed by atoms with Gasteiger partial charge in [-0.15, -0.1) is 0 Å². The lowest BCUT2D eigenvalue weighted by Crippen LogP contribution is -2.19. The number of rotatable bonds is 3. The molecule has 6 heteroatoms. The number of hydrogen-bond donors (Lipinski definition) is 1. The summed E-state index contributed by atoms with van der Waals surface area (Å²) < 4.78 is 4.91. The Labute approximate surface area is 78.8 Å². The second kappa shape index (κ2) is 3.87.